The topological polar surface area (TPSA) is 70.5 Å². The van der Waals surface area contributed by atoms with Gasteiger partial charge in [-0.15, -0.1) is 11.8 Å². The van der Waals surface area contributed by atoms with E-state index in [-0.39, 0.29) is 11.5 Å². The lowest BCUT2D eigenvalue weighted by Gasteiger charge is -2.15. The lowest BCUT2D eigenvalue weighted by Crippen LogP contribution is -2.10. The Morgan fingerprint density at radius 3 is 2.45 bits per heavy atom. The van der Waals surface area contributed by atoms with Gasteiger partial charge in [-0.05, 0) is 48.6 Å². The van der Waals surface area contributed by atoms with Crippen LogP contribution in [0.3, 0.4) is 0 Å². The molecule has 0 spiro atoms. The molecule has 0 saturated heterocycles. The normalized spacial score (nSPS) is 11.2. The summed E-state index contributed by atoms with van der Waals surface area (Å²) in [7, 11) is 2.75. The molecule has 1 heterocycles. The summed E-state index contributed by atoms with van der Waals surface area (Å²) < 4.78 is 16.2. The maximum Gasteiger partial charge on any atom is 0.341 e. The number of aryl methyl sites for hydroxylation is 1. The minimum Gasteiger partial charge on any atom is -0.503 e. The van der Waals surface area contributed by atoms with Crippen LogP contribution >= 0.6 is 23.4 Å². The Kier molecular flexibility index (Phi) is 7.55. The van der Waals surface area contributed by atoms with Gasteiger partial charge in [-0.25, -0.2) is 9.78 Å². The quantitative estimate of drug-likeness (QED) is 0.147. The van der Waals surface area contributed by atoms with E-state index in [4.69, 9.17) is 25.8 Å². The van der Waals surface area contributed by atoms with E-state index in [0.29, 0.717) is 27.2 Å². The molecule has 0 aliphatic carbocycles. The van der Waals surface area contributed by atoms with Gasteiger partial charge >= 0.3 is 5.97 Å². The van der Waals surface area contributed by atoms with Crippen molar-refractivity contribution in [2.24, 2.45) is 0 Å². The lowest BCUT2D eigenvalue weighted by molar-refractivity contribution is -0.133. The number of hydrogen-bond acceptors (Lipinski definition) is 7. The van der Waals surface area contributed by atoms with Gasteiger partial charge in [-0.1, -0.05) is 35.9 Å². The Morgan fingerprint density at radius 2 is 1.81 bits per heavy atom. The molecule has 0 aliphatic heterocycles. The monoisotopic (exact) mass is 456 g/mol. The largest absolute Gasteiger partial charge is 0.503 e. The van der Waals surface area contributed by atoms with E-state index >= 15 is 0 Å². The van der Waals surface area contributed by atoms with Gasteiger partial charge in [0.1, 0.15) is 22.2 Å². The number of methoxy groups -OCH3 is 2. The first-order chi connectivity index (χ1) is 15.0. The molecule has 0 atom stereocenters. The summed E-state index contributed by atoms with van der Waals surface area (Å²) in [5.74, 6) is 0.724. The summed E-state index contributed by atoms with van der Waals surface area (Å²) in [6.07, 6.45) is 3.16. The fraction of sp³-hybridized carbons (Fsp3) is 0.174. The van der Waals surface area contributed by atoms with Crippen molar-refractivity contribution >= 4 is 34.9 Å². The predicted octanol–water partition coefficient (Wildman–Crippen LogP) is 5.78. The number of halogens is 1. The Hall–Kier alpha value is -3.03. The number of aromatic nitrogens is 2. The molecule has 0 unspecified atom stereocenters. The van der Waals surface area contributed by atoms with Crippen LogP contribution in [0.5, 0.6) is 11.6 Å². The van der Waals surface area contributed by atoms with Gasteiger partial charge in [0.05, 0.1) is 26.0 Å². The molecule has 0 bridgehead atoms. The Bertz CT molecular complexity index is 1120. The second-order valence-electron chi connectivity index (χ2n) is 6.36. The highest BCUT2D eigenvalue weighted by Crippen LogP contribution is 2.36. The third-order valence-electron chi connectivity index (χ3n) is 4.28. The maximum absolute atomic E-state index is 12.4. The first kappa shape index (κ1) is 22.7. The van der Waals surface area contributed by atoms with Crippen LogP contribution in [0, 0.1) is 6.92 Å². The highest BCUT2D eigenvalue weighted by molar-refractivity contribution is 7.98. The number of hydrogen-bond donors (Lipinski definition) is 0. The predicted molar refractivity (Wildman–Crippen MR) is 123 cm³/mol. The van der Waals surface area contributed by atoms with Crippen LogP contribution < -0.4 is 4.74 Å². The lowest BCUT2D eigenvalue weighted by atomic mass is 10.1. The summed E-state index contributed by atoms with van der Waals surface area (Å²) >= 11 is 7.37. The van der Waals surface area contributed by atoms with Crippen LogP contribution in [0.15, 0.2) is 59.8 Å². The summed E-state index contributed by atoms with van der Waals surface area (Å²) in [6.45, 7) is 1.76. The third-order valence-corrected chi connectivity index (χ3v) is 5.22. The molecule has 3 rings (SSSR count). The highest BCUT2D eigenvalue weighted by Gasteiger charge is 2.25. The minimum atomic E-state index is -0.579. The van der Waals surface area contributed by atoms with Gasteiger partial charge in [0.25, 0.3) is 0 Å². The van der Waals surface area contributed by atoms with Crippen molar-refractivity contribution in [3.8, 4) is 22.8 Å². The molecule has 0 radical (unpaired) electrons. The smallest absolute Gasteiger partial charge is 0.341 e. The number of thioether (sulfide) groups is 1. The van der Waals surface area contributed by atoms with Gasteiger partial charge in [0, 0.05) is 5.02 Å². The Morgan fingerprint density at radius 1 is 1.06 bits per heavy atom. The summed E-state index contributed by atoms with van der Waals surface area (Å²) in [5.41, 5.74) is 2.52. The SMILES string of the molecule is CO/C=C(/C(=O)OC)c1c(Oc2cccc(-c3ccc(Cl)cc3)c2)nc(C)nc1SC. The number of carbonyl (C=O) groups excluding carboxylic acids is 1. The molecular weight excluding hydrogens is 436 g/mol. The van der Waals surface area contributed by atoms with Crippen LogP contribution in [0.1, 0.15) is 11.4 Å². The van der Waals surface area contributed by atoms with Gasteiger partial charge < -0.3 is 14.2 Å². The van der Waals surface area contributed by atoms with Crippen LogP contribution in [0.25, 0.3) is 16.7 Å². The highest BCUT2D eigenvalue weighted by atomic mass is 35.5. The van der Waals surface area contributed by atoms with Crippen molar-refractivity contribution in [3.05, 3.63) is 71.2 Å². The second kappa shape index (κ2) is 10.3. The van der Waals surface area contributed by atoms with Gasteiger partial charge in [0.15, 0.2) is 0 Å². The van der Waals surface area contributed by atoms with E-state index in [9.17, 15) is 4.79 Å². The van der Waals surface area contributed by atoms with E-state index in [2.05, 4.69) is 9.97 Å². The van der Waals surface area contributed by atoms with Crippen LogP contribution in [-0.2, 0) is 14.3 Å². The number of esters is 1. The van der Waals surface area contributed by atoms with Crippen molar-refractivity contribution in [1.82, 2.24) is 9.97 Å². The Balaban J connectivity index is 2.08. The molecule has 160 valence electrons. The number of rotatable bonds is 7. The fourth-order valence-corrected chi connectivity index (χ4v) is 3.65. The van der Waals surface area contributed by atoms with Crippen molar-refractivity contribution in [3.63, 3.8) is 0 Å². The summed E-state index contributed by atoms with van der Waals surface area (Å²) in [6, 6.07) is 15.1. The average molecular weight is 457 g/mol. The number of nitrogens with zero attached hydrogens (tertiary/aromatic N) is 2. The third kappa shape index (κ3) is 5.37. The molecule has 0 aliphatic rings. The first-order valence-corrected chi connectivity index (χ1v) is 10.8. The van der Waals surface area contributed by atoms with Crippen LogP contribution in [0.4, 0.5) is 0 Å². The minimum absolute atomic E-state index is 0.165. The molecule has 0 amide bonds. The number of carbonyl (C=O) groups is 1. The molecule has 8 heteroatoms. The molecule has 6 nitrogen and oxygen atoms in total. The molecule has 31 heavy (non-hydrogen) atoms. The van der Waals surface area contributed by atoms with E-state index in [1.807, 2.05) is 54.8 Å². The number of benzene rings is 2. The standard InChI is InChI=1S/C23H21ClN2O4S/c1-14-25-21(20(22(26-14)31-4)19(13-28-2)23(27)29-3)30-18-7-5-6-16(12-18)15-8-10-17(24)11-9-15/h5-13H,1-4H3/b19-13+. The van der Waals surface area contributed by atoms with E-state index in [1.165, 1.54) is 32.2 Å². The van der Waals surface area contributed by atoms with Crippen molar-refractivity contribution in [2.45, 2.75) is 11.9 Å². The van der Waals surface area contributed by atoms with E-state index < -0.39 is 5.97 Å². The van der Waals surface area contributed by atoms with Crippen molar-refractivity contribution in [2.75, 3.05) is 20.5 Å². The van der Waals surface area contributed by atoms with Crippen LogP contribution in [-0.4, -0.2) is 36.4 Å². The Labute approximate surface area is 190 Å². The molecule has 0 saturated carbocycles. The zero-order chi connectivity index (χ0) is 22.4. The van der Waals surface area contributed by atoms with Gasteiger partial charge in [-0.2, -0.15) is 4.98 Å². The molecule has 2 aromatic carbocycles. The van der Waals surface area contributed by atoms with Gasteiger partial charge in [0.2, 0.25) is 5.88 Å². The maximum atomic E-state index is 12.4. The molecule has 0 fully saturated rings. The molecular formula is C23H21ClN2O4S. The number of ether oxygens (including phenoxy) is 3. The summed E-state index contributed by atoms with van der Waals surface area (Å²) in [5, 5.41) is 1.24. The van der Waals surface area contributed by atoms with Gasteiger partial charge in [-0.3, -0.25) is 0 Å². The summed E-state index contributed by atoms with van der Waals surface area (Å²) in [4.78, 5) is 21.3. The molecule has 3 aromatic rings. The van der Waals surface area contributed by atoms with Crippen molar-refractivity contribution in [1.29, 1.82) is 0 Å². The zero-order valence-corrected chi connectivity index (χ0v) is 19.1. The van der Waals surface area contributed by atoms with E-state index in [0.717, 1.165) is 11.1 Å². The second-order valence-corrected chi connectivity index (χ2v) is 7.59. The zero-order valence-electron chi connectivity index (χ0n) is 17.5. The fourth-order valence-electron chi connectivity index (χ4n) is 2.90. The molecule has 1 aromatic heterocycles. The van der Waals surface area contributed by atoms with Crippen molar-refractivity contribution < 1.29 is 19.0 Å². The van der Waals surface area contributed by atoms with Crippen LogP contribution in [0.2, 0.25) is 5.02 Å². The first-order valence-electron chi connectivity index (χ1n) is 9.25. The van der Waals surface area contributed by atoms with E-state index in [1.54, 1.807) is 6.92 Å². The average Bonchev–Trinajstić information content (AvgIpc) is 2.77. The molecule has 0 N–H and O–H groups in total.